The summed E-state index contributed by atoms with van der Waals surface area (Å²) in [5.41, 5.74) is -0.442. The number of rotatable bonds is 1. The van der Waals surface area contributed by atoms with Crippen molar-refractivity contribution in [1.82, 2.24) is 25.0 Å². The fourth-order valence-electron chi connectivity index (χ4n) is 3.35. The van der Waals surface area contributed by atoms with Crippen LogP contribution in [0.25, 0.3) is 0 Å². The van der Waals surface area contributed by atoms with E-state index in [9.17, 15) is 4.79 Å². The lowest BCUT2D eigenvalue weighted by Crippen LogP contribution is -2.42. The number of amides is 1. The van der Waals surface area contributed by atoms with Gasteiger partial charge in [-0.25, -0.2) is 4.79 Å². The highest BCUT2D eigenvalue weighted by molar-refractivity contribution is 5.68. The maximum Gasteiger partial charge on any atom is 0.410 e. The molecule has 1 N–H and O–H groups in total. The second-order valence-electron chi connectivity index (χ2n) is 7.57. The molecule has 1 atom stereocenters. The van der Waals surface area contributed by atoms with Crippen molar-refractivity contribution >= 4 is 6.09 Å². The van der Waals surface area contributed by atoms with Gasteiger partial charge >= 0.3 is 6.09 Å². The summed E-state index contributed by atoms with van der Waals surface area (Å²) in [7, 11) is 0. The Morgan fingerprint density at radius 3 is 2.61 bits per heavy atom. The first-order chi connectivity index (χ1) is 10.8. The van der Waals surface area contributed by atoms with Crippen LogP contribution in [0.1, 0.15) is 64.1 Å². The Hall–Kier alpha value is -1.63. The minimum atomic E-state index is -0.442. The van der Waals surface area contributed by atoms with Crippen LogP contribution in [0.3, 0.4) is 0 Å². The molecule has 1 amide bonds. The van der Waals surface area contributed by atoms with E-state index in [2.05, 4.69) is 27.0 Å². The van der Waals surface area contributed by atoms with Crippen LogP contribution in [0.5, 0.6) is 0 Å². The summed E-state index contributed by atoms with van der Waals surface area (Å²) < 4.78 is 7.74. The fourth-order valence-corrected chi connectivity index (χ4v) is 3.35. The van der Waals surface area contributed by atoms with Gasteiger partial charge in [-0.05, 0) is 40.5 Å². The van der Waals surface area contributed by atoms with Gasteiger partial charge in [0.2, 0.25) is 0 Å². The SMILES string of the molecule is CC1CNCc2nnc(C3CCN(C(=O)OC(C)(C)C)CC3)n21. The predicted molar refractivity (Wildman–Crippen MR) is 86.2 cm³/mol. The molecule has 3 rings (SSSR count). The zero-order chi connectivity index (χ0) is 16.6. The number of aromatic nitrogens is 3. The molecule has 3 heterocycles. The highest BCUT2D eigenvalue weighted by Gasteiger charge is 2.31. The van der Waals surface area contributed by atoms with Gasteiger partial charge in [0.25, 0.3) is 0 Å². The molecule has 1 saturated heterocycles. The summed E-state index contributed by atoms with van der Waals surface area (Å²) in [5, 5.41) is 12.1. The number of carbonyl (C=O) groups is 1. The Morgan fingerprint density at radius 2 is 1.96 bits per heavy atom. The van der Waals surface area contributed by atoms with Gasteiger partial charge in [-0.3, -0.25) is 0 Å². The van der Waals surface area contributed by atoms with Gasteiger partial charge in [0.05, 0.1) is 6.54 Å². The Bertz CT molecular complexity index is 570. The summed E-state index contributed by atoms with van der Waals surface area (Å²) in [5.74, 6) is 2.47. The monoisotopic (exact) mass is 321 g/mol. The smallest absolute Gasteiger partial charge is 0.410 e. The zero-order valence-electron chi connectivity index (χ0n) is 14.5. The second-order valence-corrected chi connectivity index (χ2v) is 7.57. The van der Waals surface area contributed by atoms with Gasteiger partial charge in [0, 0.05) is 31.6 Å². The molecule has 0 radical (unpaired) electrons. The highest BCUT2D eigenvalue weighted by atomic mass is 16.6. The van der Waals surface area contributed by atoms with Crippen LogP contribution in [0.4, 0.5) is 4.79 Å². The Kier molecular flexibility index (Phi) is 4.31. The summed E-state index contributed by atoms with van der Waals surface area (Å²) in [4.78, 5) is 14.0. The van der Waals surface area contributed by atoms with Gasteiger partial charge in [-0.1, -0.05) is 0 Å². The first-order valence-corrected chi connectivity index (χ1v) is 8.47. The lowest BCUT2D eigenvalue weighted by molar-refractivity contribution is 0.0202. The molecule has 1 unspecified atom stereocenters. The maximum absolute atomic E-state index is 12.2. The molecule has 1 fully saturated rings. The third-order valence-electron chi connectivity index (χ3n) is 4.47. The van der Waals surface area contributed by atoms with Crippen LogP contribution in [-0.2, 0) is 11.3 Å². The summed E-state index contributed by atoms with van der Waals surface area (Å²) in [6.45, 7) is 11.1. The largest absolute Gasteiger partial charge is 0.444 e. The number of hydrogen-bond acceptors (Lipinski definition) is 5. The molecule has 2 aliphatic heterocycles. The third-order valence-corrected chi connectivity index (χ3v) is 4.47. The van der Waals surface area contributed by atoms with Crippen molar-refractivity contribution < 1.29 is 9.53 Å². The molecule has 23 heavy (non-hydrogen) atoms. The lowest BCUT2D eigenvalue weighted by Gasteiger charge is -2.34. The van der Waals surface area contributed by atoms with Crippen LogP contribution >= 0.6 is 0 Å². The van der Waals surface area contributed by atoms with E-state index in [1.807, 2.05) is 20.8 Å². The quantitative estimate of drug-likeness (QED) is 0.857. The number of nitrogens with one attached hydrogen (secondary N) is 1. The van der Waals surface area contributed by atoms with Crippen LogP contribution < -0.4 is 5.32 Å². The number of likely N-dealkylation sites (tertiary alicyclic amines) is 1. The van der Waals surface area contributed by atoms with Gasteiger partial charge in [0.15, 0.2) is 0 Å². The molecule has 7 heteroatoms. The lowest BCUT2D eigenvalue weighted by atomic mass is 9.95. The van der Waals surface area contributed by atoms with E-state index < -0.39 is 5.60 Å². The summed E-state index contributed by atoms with van der Waals surface area (Å²) in [6, 6.07) is 0.382. The van der Waals surface area contributed by atoms with Crippen molar-refractivity contribution in [1.29, 1.82) is 0 Å². The molecule has 0 bridgehead atoms. The molecule has 0 aliphatic carbocycles. The average Bonchev–Trinajstić information content (AvgIpc) is 2.91. The Morgan fingerprint density at radius 1 is 1.26 bits per heavy atom. The molecule has 1 aromatic rings. The van der Waals surface area contributed by atoms with E-state index in [-0.39, 0.29) is 6.09 Å². The number of ether oxygens (including phenoxy) is 1. The minimum Gasteiger partial charge on any atom is -0.444 e. The minimum absolute atomic E-state index is 0.211. The van der Waals surface area contributed by atoms with E-state index in [1.165, 1.54) is 0 Å². The van der Waals surface area contributed by atoms with E-state index in [0.29, 0.717) is 25.0 Å². The molecular weight excluding hydrogens is 294 g/mol. The molecule has 0 aromatic carbocycles. The first kappa shape index (κ1) is 16.2. The van der Waals surface area contributed by atoms with Crippen LogP contribution in [0, 0.1) is 0 Å². The maximum atomic E-state index is 12.2. The molecule has 1 aromatic heterocycles. The number of nitrogens with zero attached hydrogens (tertiary/aromatic N) is 4. The Balaban J connectivity index is 1.64. The topological polar surface area (TPSA) is 72.3 Å². The number of hydrogen-bond donors (Lipinski definition) is 1. The van der Waals surface area contributed by atoms with Gasteiger partial charge in [-0.15, -0.1) is 10.2 Å². The van der Waals surface area contributed by atoms with E-state index in [0.717, 1.165) is 37.6 Å². The Labute approximate surface area is 137 Å². The first-order valence-electron chi connectivity index (χ1n) is 8.47. The van der Waals surface area contributed by atoms with Crippen molar-refractivity contribution in [2.75, 3.05) is 19.6 Å². The molecule has 7 nitrogen and oxygen atoms in total. The third kappa shape index (κ3) is 3.49. The number of piperidine rings is 1. The zero-order valence-corrected chi connectivity index (χ0v) is 14.5. The van der Waals surface area contributed by atoms with Gasteiger partial charge in [0.1, 0.15) is 17.2 Å². The van der Waals surface area contributed by atoms with Crippen LogP contribution in [-0.4, -0.2) is 51.0 Å². The second kappa shape index (κ2) is 6.11. The number of fused-ring (bicyclic) bond motifs is 1. The summed E-state index contributed by atoms with van der Waals surface area (Å²) >= 11 is 0. The highest BCUT2D eigenvalue weighted by Crippen LogP contribution is 2.30. The van der Waals surface area contributed by atoms with Crippen molar-refractivity contribution in [3.63, 3.8) is 0 Å². The summed E-state index contributed by atoms with van der Waals surface area (Å²) in [6.07, 6.45) is 1.62. The van der Waals surface area contributed by atoms with E-state index in [4.69, 9.17) is 4.74 Å². The normalized spacial score (nSPS) is 22.8. The van der Waals surface area contributed by atoms with E-state index in [1.54, 1.807) is 4.90 Å². The van der Waals surface area contributed by atoms with Crippen molar-refractivity contribution in [2.24, 2.45) is 0 Å². The molecule has 2 aliphatic rings. The fraction of sp³-hybridized carbons (Fsp3) is 0.812. The van der Waals surface area contributed by atoms with E-state index >= 15 is 0 Å². The predicted octanol–water partition coefficient (Wildman–Crippen LogP) is 2.06. The molecule has 0 saturated carbocycles. The molecule has 128 valence electrons. The number of carbonyl (C=O) groups excluding carboxylic acids is 1. The van der Waals surface area contributed by atoms with Gasteiger partial charge in [-0.2, -0.15) is 0 Å². The van der Waals surface area contributed by atoms with Crippen molar-refractivity contribution in [2.45, 2.75) is 64.6 Å². The molecular formula is C16H27N5O2. The van der Waals surface area contributed by atoms with Crippen molar-refractivity contribution in [3.05, 3.63) is 11.6 Å². The average molecular weight is 321 g/mol. The standard InChI is InChI=1S/C16H27N5O2/c1-11-9-17-10-13-18-19-14(21(11)13)12-5-7-20(8-6-12)15(22)23-16(2,3)4/h11-12,17H,5-10H2,1-4H3. The van der Waals surface area contributed by atoms with Crippen LogP contribution in [0.15, 0.2) is 0 Å². The molecule has 0 spiro atoms. The van der Waals surface area contributed by atoms with Gasteiger partial charge < -0.3 is 19.5 Å². The van der Waals surface area contributed by atoms with Crippen molar-refractivity contribution in [3.8, 4) is 0 Å². The van der Waals surface area contributed by atoms with Crippen LogP contribution in [0.2, 0.25) is 0 Å².